The minimum atomic E-state index is -1.02. The van der Waals surface area contributed by atoms with Gasteiger partial charge in [0.2, 0.25) is 0 Å². The monoisotopic (exact) mass is 322 g/mol. The van der Waals surface area contributed by atoms with E-state index in [1.54, 1.807) is 6.07 Å². The van der Waals surface area contributed by atoms with Gasteiger partial charge in [0.1, 0.15) is 17.1 Å². The molecule has 0 saturated heterocycles. The van der Waals surface area contributed by atoms with E-state index in [1.165, 1.54) is 13.2 Å². The van der Waals surface area contributed by atoms with Gasteiger partial charge in [0.15, 0.2) is 0 Å². The van der Waals surface area contributed by atoms with Crippen LogP contribution in [-0.2, 0) is 0 Å². The lowest BCUT2D eigenvalue weighted by Gasteiger charge is -2.11. The van der Waals surface area contributed by atoms with E-state index in [4.69, 9.17) is 14.6 Å². The van der Waals surface area contributed by atoms with Crippen LogP contribution in [0.1, 0.15) is 17.3 Å². The van der Waals surface area contributed by atoms with E-state index < -0.39 is 5.97 Å². The molecule has 0 saturated carbocycles. The molecule has 0 unspecified atom stereocenters. The van der Waals surface area contributed by atoms with E-state index >= 15 is 0 Å². The molecular formula is C10H11IO4. The molecule has 1 N–H and O–H groups in total. The fourth-order valence-electron chi connectivity index (χ4n) is 1.14. The zero-order chi connectivity index (χ0) is 11.4. The van der Waals surface area contributed by atoms with Crippen LogP contribution in [0.3, 0.4) is 0 Å². The highest BCUT2D eigenvalue weighted by Crippen LogP contribution is 2.30. The van der Waals surface area contributed by atoms with E-state index in [0.29, 0.717) is 18.1 Å². The number of aromatic carboxylic acids is 1. The number of carboxylic acids is 1. The summed E-state index contributed by atoms with van der Waals surface area (Å²) >= 11 is 2.02. The number of ether oxygens (including phenoxy) is 2. The largest absolute Gasteiger partial charge is 0.497 e. The third kappa shape index (κ3) is 2.74. The lowest BCUT2D eigenvalue weighted by atomic mass is 10.2. The van der Waals surface area contributed by atoms with Crippen LogP contribution in [0.5, 0.6) is 11.5 Å². The Morgan fingerprint density at radius 1 is 1.53 bits per heavy atom. The smallest absolute Gasteiger partial charge is 0.339 e. The Morgan fingerprint density at radius 2 is 2.20 bits per heavy atom. The molecule has 5 heteroatoms. The number of carboxylic acid groups (broad SMARTS) is 1. The lowest BCUT2D eigenvalue weighted by Crippen LogP contribution is -2.05. The second-order valence-electron chi connectivity index (χ2n) is 2.72. The summed E-state index contributed by atoms with van der Waals surface area (Å²) < 4.78 is 11.0. The molecule has 1 rings (SSSR count). The van der Waals surface area contributed by atoms with Crippen molar-refractivity contribution < 1.29 is 19.4 Å². The first kappa shape index (κ1) is 12.1. The second kappa shape index (κ2) is 5.20. The van der Waals surface area contributed by atoms with E-state index in [1.807, 2.05) is 29.5 Å². The van der Waals surface area contributed by atoms with Crippen LogP contribution in [-0.4, -0.2) is 24.8 Å². The Bertz CT molecular complexity index is 376. The van der Waals surface area contributed by atoms with Gasteiger partial charge in [-0.3, -0.25) is 0 Å². The highest BCUT2D eigenvalue weighted by Gasteiger charge is 2.16. The molecule has 1 aromatic rings. The number of hydrogen-bond donors (Lipinski definition) is 1. The molecular weight excluding hydrogens is 311 g/mol. The average Bonchev–Trinajstić information content (AvgIpc) is 2.20. The van der Waals surface area contributed by atoms with E-state index in [-0.39, 0.29) is 5.56 Å². The fourth-order valence-corrected chi connectivity index (χ4v) is 1.89. The van der Waals surface area contributed by atoms with Gasteiger partial charge in [0.25, 0.3) is 0 Å². The molecule has 4 nitrogen and oxygen atoms in total. The first-order valence-electron chi connectivity index (χ1n) is 4.33. The van der Waals surface area contributed by atoms with Crippen molar-refractivity contribution in [1.82, 2.24) is 0 Å². The van der Waals surface area contributed by atoms with Crippen molar-refractivity contribution in [3.05, 3.63) is 21.3 Å². The molecule has 82 valence electrons. The Labute approximate surface area is 101 Å². The maximum absolute atomic E-state index is 11.0. The normalized spacial score (nSPS) is 9.80. The van der Waals surface area contributed by atoms with Crippen LogP contribution in [0.4, 0.5) is 0 Å². The third-order valence-corrected chi connectivity index (χ3v) is 2.57. The van der Waals surface area contributed by atoms with E-state index in [9.17, 15) is 4.79 Å². The number of hydrogen-bond acceptors (Lipinski definition) is 3. The van der Waals surface area contributed by atoms with Crippen LogP contribution in [0.25, 0.3) is 0 Å². The van der Waals surface area contributed by atoms with Crippen LogP contribution < -0.4 is 9.47 Å². The Balaban J connectivity index is 3.28. The second-order valence-corrected chi connectivity index (χ2v) is 3.89. The molecule has 0 aliphatic heterocycles. The van der Waals surface area contributed by atoms with Gasteiger partial charge in [-0.1, -0.05) is 0 Å². The van der Waals surface area contributed by atoms with Gasteiger partial charge in [0.05, 0.1) is 17.3 Å². The number of rotatable bonds is 4. The maximum Gasteiger partial charge on any atom is 0.339 e. The number of methoxy groups -OCH3 is 1. The van der Waals surface area contributed by atoms with Gasteiger partial charge < -0.3 is 14.6 Å². The standard InChI is InChI=1S/C10H11IO4/c1-3-15-9-7(10(12)13)4-6(14-2)5-8(9)11/h4-5H,3H2,1-2H3,(H,12,13). The number of carbonyl (C=O) groups is 1. The highest BCUT2D eigenvalue weighted by atomic mass is 127. The van der Waals surface area contributed by atoms with Crippen molar-refractivity contribution in [2.45, 2.75) is 6.92 Å². The van der Waals surface area contributed by atoms with Gasteiger partial charge in [-0.25, -0.2) is 4.79 Å². The molecule has 0 amide bonds. The molecule has 0 aromatic heterocycles. The topological polar surface area (TPSA) is 55.8 Å². The summed E-state index contributed by atoms with van der Waals surface area (Å²) in [5, 5.41) is 9.00. The van der Waals surface area contributed by atoms with Crippen molar-refractivity contribution in [2.75, 3.05) is 13.7 Å². The van der Waals surface area contributed by atoms with Gasteiger partial charge in [0, 0.05) is 0 Å². The average molecular weight is 322 g/mol. The minimum absolute atomic E-state index is 0.126. The molecule has 0 bridgehead atoms. The van der Waals surface area contributed by atoms with Gasteiger partial charge in [-0.15, -0.1) is 0 Å². The fraction of sp³-hybridized carbons (Fsp3) is 0.300. The van der Waals surface area contributed by atoms with Gasteiger partial charge in [-0.2, -0.15) is 0 Å². The molecule has 0 spiro atoms. The summed E-state index contributed by atoms with van der Waals surface area (Å²) in [5.74, 6) is -0.109. The summed E-state index contributed by atoms with van der Waals surface area (Å²) in [6.07, 6.45) is 0. The van der Waals surface area contributed by atoms with Crippen LogP contribution in [0.15, 0.2) is 12.1 Å². The highest BCUT2D eigenvalue weighted by molar-refractivity contribution is 14.1. The van der Waals surface area contributed by atoms with E-state index in [0.717, 1.165) is 3.57 Å². The molecule has 0 heterocycles. The third-order valence-electron chi connectivity index (χ3n) is 1.77. The predicted molar refractivity (Wildman–Crippen MR) is 63.8 cm³/mol. The van der Waals surface area contributed by atoms with Crippen molar-refractivity contribution in [1.29, 1.82) is 0 Å². The van der Waals surface area contributed by atoms with Gasteiger partial charge >= 0.3 is 5.97 Å². The van der Waals surface area contributed by atoms with E-state index in [2.05, 4.69) is 0 Å². The Morgan fingerprint density at radius 3 is 2.67 bits per heavy atom. The van der Waals surface area contributed by atoms with Crippen molar-refractivity contribution in [3.8, 4) is 11.5 Å². The first-order chi connectivity index (χ1) is 7.10. The zero-order valence-corrected chi connectivity index (χ0v) is 10.6. The number of benzene rings is 1. The molecule has 15 heavy (non-hydrogen) atoms. The molecule has 0 aliphatic rings. The first-order valence-corrected chi connectivity index (χ1v) is 5.41. The van der Waals surface area contributed by atoms with Crippen molar-refractivity contribution in [2.24, 2.45) is 0 Å². The maximum atomic E-state index is 11.0. The quantitative estimate of drug-likeness (QED) is 0.865. The summed E-state index contributed by atoms with van der Waals surface area (Å²) in [6.45, 7) is 2.24. The van der Waals surface area contributed by atoms with Crippen molar-refractivity contribution >= 4 is 28.6 Å². The number of halogens is 1. The Hall–Kier alpha value is -0.980. The summed E-state index contributed by atoms with van der Waals surface area (Å²) in [5.41, 5.74) is 0.126. The van der Waals surface area contributed by atoms with Crippen molar-refractivity contribution in [3.63, 3.8) is 0 Å². The Kier molecular flexibility index (Phi) is 4.19. The van der Waals surface area contributed by atoms with Gasteiger partial charge in [-0.05, 0) is 41.6 Å². The SMILES string of the molecule is CCOc1c(I)cc(OC)cc1C(=O)O. The zero-order valence-electron chi connectivity index (χ0n) is 8.41. The molecule has 0 atom stereocenters. The summed E-state index contributed by atoms with van der Waals surface area (Å²) in [7, 11) is 1.50. The predicted octanol–water partition coefficient (Wildman–Crippen LogP) is 2.40. The molecule has 0 radical (unpaired) electrons. The summed E-state index contributed by atoms with van der Waals surface area (Å²) in [6, 6.07) is 3.19. The molecule has 1 aromatic carbocycles. The van der Waals surface area contributed by atoms with Crippen LogP contribution >= 0.6 is 22.6 Å². The van der Waals surface area contributed by atoms with Crippen LogP contribution in [0.2, 0.25) is 0 Å². The van der Waals surface area contributed by atoms with Crippen LogP contribution in [0, 0.1) is 3.57 Å². The lowest BCUT2D eigenvalue weighted by molar-refractivity contribution is 0.0692. The minimum Gasteiger partial charge on any atom is -0.497 e. The molecule has 0 fully saturated rings. The summed E-state index contributed by atoms with van der Waals surface area (Å²) in [4.78, 5) is 11.0. The molecule has 0 aliphatic carbocycles.